The van der Waals surface area contributed by atoms with Crippen molar-refractivity contribution in [3.8, 4) is 11.5 Å². The lowest BCUT2D eigenvalue weighted by atomic mass is 9.89. The zero-order valence-corrected chi connectivity index (χ0v) is 15.4. The van der Waals surface area contributed by atoms with Crippen LogP contribution in [0.5, 0.6) is 11.5 Å². The number of hydrogen-bond acceptors (Lipinski definition) is 6. The van der Waals surface area contributed by atoms with E-state index in [1.54, 1.807) is 31.9 Å². The molecule has 0 aliphatic heterocycles. The Kier molecular flexibility index (Phi) is 4.21. The smallest absolute Gasteiger partial charge is 0.162 e. The van der Waals surface area contributed by atoms with Crippen LogP contribution < -0.4 is 14.8 Å². The molecule has 1 N–H and O–H groups in total. The Morgan fingerprint density at radius 2 is 2.00 bits per heavy atom. The largest absolute Gasteiger partial charge is 0.493 e. The monoisotopic (exact) mass is 355 g/mol. The summed E-state index contributed by atoms with van der Waals surface area (Å²) in [5.41, 5.74) is 2.34. The van der Waals surface area contributed by atoms with Crippen molar-refractivity contribution >= 4 is 33.1 Å². The first-order chi connectivity index (χ1) is 12.2. The van der Waals surface area contributed by atoms with Gasteiger partial charge in [-0.2, -0.15) is 0 Å². The van der Waals surface area contributed by atoms with Gasteiger partial charge >= 0.3 is 0 Å². The summed E-state index contributed by atoms with van der Waals surface area (Å²) in [7, 11) is 3.28. The maximum Gasteiger partial charge on any atom is 0.162 e. The van der Waals surface area contributed by atoms with Gasteiger partial charge in [0, 0.05) is 16.6 Å². The standard InChI is InChI=1S/C19H21N3O2S/c1-11-4-6-13-16(8-11)25-19-17(13)18(20-10-21-19)22-12-5-7-14(23-2)15(9-12)24-3/h5,7,9-11H,4,6,8H2,1-3H3,(H,20,21,22)/t11-/m0/s1. The van der Waals surface area contributed by atoms with Crippen molar-refractivity contribution in [3.63, 3.8) is 0 Å². The van der Waals surface area contributed by atoms with Crippen LogP contribution in [0.15, 0.2) is 24.5 Å². The van der Waals surface area contributed by atoms with E-state index in [1.165, 1.54) is 22.2 Å². The van der Waals surface area contributed by atoms with Gasteiger partial charge in [-0.15, -0.1) is 11.3 Å². The Labute approximate surface area is 151 Å². The molecule has 0 radical (unpaired) electrons. The highest BCUT2D eigenvalue weighted by atomic mass is 32.1. The van der Waals surface area contributed by atoms with Crippen LogP contribution in [0.2, 0.25) is 0 Å². The molecular formula is C19H21N3O2S. The Morgan fingerprint density at radius 1 is 1.16 bits per heavy atom. The van der Waals surface area contributed by atoms with Crippen LogP contribution in [0, 0.1) is 5.92 Å². The first-order valence-corrected chi connectivity index (χ1v) is 9.25. The molecule has 1 atom stereocenters. The first-order valence-electron chi connectivity index (χ1n) is 8.44. The Balaban J connectivity index is 1.75. The molecule has 1 aromatic carbocycles. The van der Waals surface area contributed by atoms with E-state index >= 15 is 0 Å². The number of rotatable bonds is 4. The summed E-state index contributed by atoms with van der Waals surface area (Å²) in [6.45, 7) is 2.32. The molecule has 0 bridgehead atoms. The fourth-order valence-corrected chi connectivity index (χ4v) is 4.77. The third-order valence-corrected chi connectivity index (χ3v) is 5.90. The van der Waals surface area contributed by atoms with Gasteiger partial charge in [0.1, 0.15) is 17.0 Å². The van der Waals surface area contributed by atoms with Crippen LogP contribution >= 0.6 is 11.3 Å². The molecule has 0 fully saturated rings. The van der Waals surface area contributed by atoms with Gasteiger partial charge in [0.05, 0.1) is 19.6 Å². The molecule has 6 heteroatoms. The Morgan fingerprint density at radius 3 is 2.80 bits per heavy atom. The lowest BCUT2D eigenvalue weighted by Crippen LogP contribution is -2.09. The highest BCUT2D eigenvalue weighted by Crippen LogP contribution is 2.40. The summed E-state index contributed by atoms with van der Waals surface area (Å²) in [5, 5.41) is 4.61. The summed E-state index contributed by atoms with van der Waals surface area (Å²) in [5.74, 6) is 3.02. The zero-order valence-electron chi connectivity index (χ0n) is 14.6. The van der Waals surface area contributed by atoms with Gasteiger partial charge in [0.2, 0.25) is 0 Å². The lowest BCUT2D eigenvalue weighted by Gasteiger charge is -2.18. The molecule has 2 aromatic heterocycles. The summed E-state index contributed by atoms with van der Waals surface area (Å²) >= 11 is 1.81. The van der Waals surface area contributed by atoms with Crippen molar-refractivity contribution in [2.45, 2.75) is 26.2 Å². The van der Waals surface area contributed by atoms with Crippen molar-refractivity contribution in [3.05, 3.63) is 35.0 Å². The maximum absolute atomic E-state index is 5.39. The van der Waals surface area contributed by atoms with Crippen molar-refractivity contribution in [2.75, 3.05) is 19.5 Å². The molecule has 4 rings (SSSR count). The van der Waals surface area contributed by atoms with E-state index in [1.807, 2.05) is 18.2 Å². The molecule has 1 aliphatic rings. The van der Waals surface area contributed by atoms with Gasteiger partial charge in [0.15, 0.2) is 11.5 Å². The number of hydrogen-bond donors (Lipinski definition) is 1. The third-order valence-electron chi connectivity index (χ3n) is 4.74. The average Bonchev–Trinajstić information content (AvgIpc) is 2.99. The molecule has 1 aliphatic carbocycles. The normalized spacial score (nSPS) is 16.5. The predicted octanol–water partition coefficient (Wildman–Crippen LogP) is 4.58. The van der Waals surface area contributed by atoms with Crippen LogP contribution in [0.1, 0.15) is 23.8 Å². The number of ether oxygens (including phenoxy) is 2. The first kappa shape index (κ1) is 16.1. The van der Waals surface area contributed by atoms with E-state index < -0.39 is 0 Å². The number of thiophene rings is 1. The fraction of sp³-hybridized carbons (Fsp3) is 0.368. The van der Waals surface area contributed by atoms with Gasteiger partial charge in [-0.3, -0.25) is 0 Å². The van der Waals surface area contributed by atoms with Gasteiger partial charge < -0.3 is 14.8 Å². The van der Waals surface area contributed by atoms with E-state index in [0.29, 0.717) is 11.5 Å². The zero-order chi connectivity index (χ0) is 17.4. The minimum absolute atomic E-state index is 0.693. The molecular weight excluding hydrogens is 334 g/mol. The van der Waals surface area contributed by atoms with E-state index in [4.69, 9.17) is 9.47 Å². The molecule has 25 heavy (non-hydrogen) atoms. The van der Waals surface area contributed by atoms with Crippen molar-refractivity contribution in [1.82, 2.24) is 9.97 Å². The summed E-state index contributed by atoms with van der Waals surface area (Å²) in [4.78, 5) is 11.5. The highest BCUT2D eigenvalue weighted by molar-refractivity contribution is 7.19. The number of nitrogens with one attached hydrogen (secondary N) is 1. The molecule has 2 heterocycles. The van der Waals surface area contributed by atoms with Gasteiger partial charge in [0.25, 0.3) is 0 Å². The molecule has 0 saturated heterocycles. The van der Waals surface area contributed by atoms with Crippen LogP contribution in [0.3, 0.4) is 0 Å². The Hall–Kier alpha value is -2.34. The highest BCUT2D eigenvalue weighted by Gasteiger charge is 2.23. The summed E-state index contributed by atoms with van der Waals surface area (Å²) < 4.78 is 10.7. The second-order valence-electron chi connectivity index (χ2n) is 6.45. The predicted molar refractivity (Wildman–Crippen MR) is 101 cm³/mol. The fourth-order valence-electron chi connectivity index (χ4n) is 3.42. The SMILES string of the molecule is COc1ccc(Nc2ncnc3sc4c(c23)CC[C@H](C)C4)cc1OC. The quantitative estimate of drug-likeness (QED) is 0.742. The minimum atomic E-state index is 0.693. The summed E-state index contributed by atoms with van der Waals surface area (Å²) in [6.07, 6.45) is 5.11. The van der Waals surface area contributed by atoms with E-state index in [-0.39, 0.29) is 0 Å². The number of anilines is 2. The number of methoxy groups -OCH3 is 2. The van der Waals surface area contributed by atoms with E-state index in [0.717, 1.165) is 35.1 Å². The average molecular weight is 355 g/mol. The molecule has 0 spiro atoms. The van der Waals surface area contributed by atoms with Crippen LogP contribution in [0.25, 0.3) is 10.2 Å². The van der Waals surface area contributed by atoms with E-state index in [2.05, 4.69) is 22.2 Å². The minimum Gasteiger partial charge on any atom is -0.493 e. The molecule has 0 unspecified atom stereocenters. The molecule has 3 aromatic rings. The Bertz CT molecular complexity index is 922. The lowest BCUT2D eigenvalue weighted by molar-refractivity contribution is 0.355. The van der Waals surface area contributed by atoms with Crippen LogP contribution in [0.4, 0.5) is 11.5 Å². The molecule has 0 saturated carbocycles. The van der Waals surface area contributed by atoms with Crippen molar-refractivity contribution in [2.24, 2.45) is 5.92 Å². The number of benzene rings is 1. The second kappa shape index (κ2) is 6.52. The third kappa shape index (κ3) is 2.91. The van der Waals surface area contributed by atoms with Gasteiger partial charge in [-0.25, -0.2) is 9.97 Å². The van der Waals surface area contributed by atoms with Gasteiger partial charge in [-0.05, 0) is 42.9 Å². The molecule has 5 nitrogen and oxygen atoms in total. The molecule has 0 amide bonds. The topological polar surface area (TPSA) is 56.3 Å². The number of fused-ring (bicyclic) bond motifs is 3. The number of aryl methyl sites for hydroxylation is 1. The second-order valence-corrected chi connectivity index (χ2v) is 7.53. The number of nitrogens with zero attached hydrogens (tertiary/aromatic N) is 2. The van der Waals surface area contributed by atoms with Gasteiger partial charge in [-0.1, -0.05) is 6.92 Å². The number of aromatic nitrogens is 2. The van der Waals surface area contributed by atoms with Crippen LogP contribution in [-0.2, 0) is 12.8 Å². The van der Waals surface area contributed by atoms with Crippen LogP contribution in [-0.4, -0.2) is 24.2 Å². The maximum atomic E-state index is 5.39. The van der Waals surface area contributed by atoms with Crippen molar-refractivity contribution < 1.29 is 9.47 Å². The van der Waals surface area contributed by atoms with E-state index in [9.17, 15) is 0 Å². The summed E-state index contributed by atoms with van der Waals surface area (Å²) in [6, 6.07) is 5.79. The van der Waals surface area contributed by atoms with Crippen molar-refractivity contribution in [1.29, 1.82) is 0 Å². The molecule has 130 valence electrons.